The Kier molecular flexibility index (Phi) is 4.06. The molecule has 0 fully saturated rings. The Bertz CT molecular complexity index is 1210. The van der Waals surface area contributed by atoms with Crippen LogP contribution in [0.25, 0.3) is 12.2 Å². The number of halogens is 1. The first-order valence-electron chi connectivity index (χ1n) is 7.76. The lowest BCUT2D eigenvalue weighted by atomic mass is 10.1. The standard InChI is InChI=1S/C19H12FN3O2S/c20-13-5-7-14(8-6-13)21-17-16(26-19(25)23-17)10-12-9-11-3-1-2-4-15(11)22-18(12)24/h1-10,21H,(H,23,25). The van der Waals surface area contributed by atoms with Crippen LogP contribution in [0.5, 0.6) is 0 Å². The van der Waals surface area contributed by atoms with Gasteiger partial charge in [0.25, 0.3) is 5.91 Å². The molecule has 5 nitrogen and oxygen atoms in total. The molecule has 0 saturated heterocycles. The van der Waals surface area contributed by atoms with Crippen molar-refractivity contribution in [1.29, 1.82) is 0 Å². The lowest BCUT2D eigenvalue weighted by Crippen LogP contribution is -2.29. The molecule has 0 atom stereocenters. The summed E-state index contributed by atoms with van der Waals surface area (Å²) in [7, 11) is 0. The van der Waals surface area contributed by atoms with Crippen LogP contribution >= 0.6 is 11.3 Å². The van der Waals surface area contributed by atoms with Crippen molar-refractivity contribution in [2.45, 2.75) is 0 Å². The molecule has 0 saturated carbocycles. The highest BCUT2D eigenvalue weighted by Crippen LogP contribution is 2.24. The van der Waals surface area contributed by atoms with Crippen LogP contribution in [0, 0.1) is 5.82 Å². The van der Waals surface area contributed by atoms with E-state index in [1.54, 1.807) is 30.4 Å². The van der Waals surface area contributed by atoms with Crippen LogP contribution in [0.3, 0.4) is 0 Å². The van der Waals surface area contributed by atoms with Gasteiger partial charge in [-0.15, -0.1) is 0 Å². The highest BCUT2D eigenvalue weighted by molar-refractivity contribution is 7.10. The third-order valence-corrected chi connectivity index (χ3v) is 4.62. The van der Waals surface area contributed by atoms with Gasteiger partial charge in [-0.2, -0.15) is 0 Å². The van der Waals surface area contributed by atoms with E-state index in [0.29, 0.717) is 27.3 Å². The first-order valence-corrected chi connectivity index (χ1v) is 8.57. The zero-order valence-electron chi connectivity index (χ0n) is 13.3. The van der Waals surface area contributed by atoms with Crippen molar-refractivity contribution in [3.8, 4) is 0 Å². The molecule has 2 heterocycles. The maximum absolute atomic E-state index is 13.0. The van der Waals surface area contributed by atoms with Gasteiger partial charge in [0.2, 0.25) is 0 Å². The summed E-state index contributed by atoms with van der Waals surface area (Å²) in [5.41, 5.74) is 1.01. The van der Waals surface area contributed by atoms with E-state index in [-0.39, 0.29) is 16.6 Å². The number of aromatic nitrogens is 1. The number of anilines is 2. The van der Waals surface area contributed by atoms with E-state index in [1.165, 1.54) is 12.1 Å². The summed E-state index contributed by atoms with van der Waals surface area (Å²) < 4.78 is 13.0. The molecule has 2 N–H and O–H groups in total. The number of benzene rings is 2. The lowest BCUT2D eigenvalue weighted by Gasteiger charge is -2.06. The quantitative estimate of drug-likeness (QED) is 0.700. The predicted molar refractivity (Wildman–Crippen MR) is 99.3 cm³/mol. The van der Waals surface area contributed by atoms with Crippen LogP contribution in [-0.2, 0) is 4.79 Å². The van der Waals surface area contributed by atoms with Crippen LogP contribution in [0.2, 0.25) is 0 Å². The van der Waals surface area contributed by atoms with Gasteiger partial charge >= 0.3 is 4.87 Å². The SMILES string of the molecule is O=C1N=c2ccccc2=CC1=Cc1sc(=O)[nH]c1Nc1ccc(F)cc1. The Morgan fingerprint density at radius 2 is 1.85 bits per heavy atom. The number of fused-ring (bicyclic) bond motifs is 1. The van der Waals surface area contributed by atoms with Crippen molar-refractivity contribution in [2.24, 2.45) is 4.99 Å². The maximum Gasteiger partial charge on any atom is 0.306 e. The van der Waals surface area contributed by atoms with Gasteiger partial charge in [-0.1, -0.05) is 29.5 Å². The molecule has 128 valence electrons. The van der Waals surface area contributed by atoms with E-state index in [4.69, 9.17) is 0 Å². The fourth-order valence-corrected chi connectivity index (χ4v) is 3.31. The molecule has 0 spiro atoms. The van der Waals surface area contributed by atoms with Crippen molar-refractivity contribution >= 4 is 40.9 Å². The van der Waals surface area contributed by atoms with Gasteiger partial charge in [0, 0.05) is 16.5 Å². The average molecular weight is 365 g/mol. The Morgan fingerprint density at radius 1 is 1.08 bits per heavy atom. The van der Waals surface area contributed by atoms with Gasteiger partial charge in [0.1, 0.15) is 11.6 Å². The van der Waals surface area contributed by atoms with Crippen molar-refractivity contribution < 1.29 is 9.18 Å². The minimum atomic E-state index is -0.364. The molecule has 0 bridgehead atoms. The second kappa shape index (κ2) is 6.53. The first kappa shape index (κ1) is 16.2. The Labute approximate surface area is 150 Å². The number of carbonyl (C=O) groups excluding carboxylic acids is 1. The number of thiazole rings is 1. The number of para-hydroxylation sites is 1. The van der Waals surface area contributed by atoms with Crippen LogP contribution < -0.4 is 20.8 Å². The lowest BCUT2D eigenvalue weighted by molar-refractivity contribution is -0.114. The molecule has 3 aromatic rings. The topological polar surface area (TPSA) is 74.3 Å². The molecule has 1 aliphatic rings. The van der Waals surface area contributed by atoms with Gasteiger partial charge in [-0.3, -0.25) is 14.6 Å². The van der Waals surface area contributed by atoms with Crippen LogP contribution in [-0.4, -0.2) is 10.9 Å². The van der Waals surface area contributed by atoms with Crippen molar-refractivity contribution in [3.63, 3.8) is 0 Å². The molecule has 4 rings (SSSR count). The molecule has 0 unspecified atom stereocenters. The first-order chi connectivity index (χ1) is 12.6. The van der Waals surface area contributed by atoms with E-state index in [9.17, 15) is 14.0 Å². The number of nitrogens with zero attached hydrogens (tertiary/aromatic N) is 1. The Balaban J connectivity index is 1.74. The summed E-state index contributed by atoms with van der Waals surface area (Å²) in [5.74, 6) is -0.268. The zero-order valence-corrected chi connectivity index (χ0v) is 14.1. The third-order valence-electron chi connectivity index (χ3n) is 3.79. The summed E-state index contributed by atoms with van der Waals surface area (Å²) in [4.78, 5) is 31.1. The predicted octanol–water partition coefficient (Wildman–Crippen LogP) is 2.34. The summed E-state index contributed by atoms with van der Waals surface area (Å²) in [6.07, 6.45) is 3.37. The highest BCUT2D eigenvalue weighted by atomic mass is 32.1. The molecule has 1 aromatic heterocycles. The van der Waals surface area contributed by atoms with E-state index >= 15 is 0 Å². The summed E-state index contributed by atoms with van der Waals surface area (Å²) >= 11 is 0.976. The van der Waals surface area contributed by atoms with Crippen LogP contribution in [0.15, 0.2) is 63.9 Å². The number of amides is 1. The molecule has 26 heavy (non-hydrogen) atoms. The van der Waals surface area contributed by atoms with Crippen molar-refractivity contribution in [1.82, 2.24) is 4.98 Å². The number of nitrogens with one attached hydrogen (secondary N) is 2. The molecular formula is C19H12FN3O2S. The second-order valence-corrected chi connectivity index (χ2v) is 6.62. The average Bonchev–Trinajstić information content (AvgIpc) is 2.96. The third kappa shape index (κ3) is 3.25. The number of aromatic amines is 1. The fraction of sp³-hybridized carbons (Fsp3) is 0. The fourth-order valence-electron chi connectivity index (χ4n) is 2.57. The molecule has 7 heteroatoms. The summed E-state index contributed by atoms with van der Waals surface area (Å²) in [5, 5.41) is 4.50. The van der Waals surface area contributed by atoms with E-state index < -0.39 is 0 Å². The molecule has 2 aromatic carbocycles. The molecule has 0 radical (unpaired) electrons. The number of hydrogen-bond donors (Lipinski definition) is 2. The van der Waals surface area contributed by atoms with Gasteiger partial charge in [-0.25, -0.2) is 9.38 Å². The Morgan fingerprint density at radius 3 is 2.65 bits per heavy atom. The zero-order chi connectivity index (χ0) is 18.1. The van der Waals surface area contributed by atoms with Gasteiger partial charge < -0.3 is 5.32 Å². The van der Waals surface area contributed by atoms with E-state index in [1.807, 2.05) is 18.2 Å². The summed E-state index contributed by atoms with van der Waals surface area (Å²) in [6.45, 7) is 0. The van der Waals surface area contributed by atoms with Gasteiger partial charge in [-0.05, 0) is 42.5 Å². The number of hydrogen-bond acceptors (Lipinski definition) is 4. The Hall–Kier alpha value is -3.32. The molecule has 1 aliphatic heterocycles. The van der Waals surface area contributed by atoms with Gasteiger partial charge in [0.05, 0.1) is 10.2 Å². The van der Waals surface area contributed by atoms with E-state index in [2.05, 4.69) is 15.3 Å². The van der Waals surface area contributed by atoms with Gasteiger partial charge in [0.15, 0.2) is 0 Å². The van der Waals surface area contributed by atoms with Crippen molar-refractivity contribution in [2.75, 3.05) is 5.32 Å². The molecular weight excluding hydrogens is 353 g/mol. The number of H-pyrrole nitrogens is 1. The number of carbonyl (C=O) groups is 1. The monoisotopic (exact) mass is 365 g/mol. The van der Waals surface area contributed by atoms with Crippen LogP contribution in [0.4, 0.5) is 15.9 Å². The molecule has 0 aliphatic carbocycles. The highest BCUT2D eigenvalue weighted by Gasteiger charge is 2.13. The minimum absolute atomic E-state index is 0.262. The normalized spacial score (nSPS) is 14.5. The second-order valence-electron chi connectivity index (χ2n) is 5.61. The van der Waals surface area contributed by atoms with E-state index in [0.717, 1.165) is 16.6 Å². The largest absolute Gasteiger partial charge is 0.341 e. The summed E-state index contributed by atoms with van der Waals surface area (Å²) in [6, 6.07) is 13.1. The number of rotatable bonds is 3. The van der Waals surface area contributed by atoms with Crippen LogP contribution in [0.1, 0.15) is 4.88 Å². The molecule has 1 amide bonds. The maximum atomic E-state index is 13.0. The van der Waals surface area contributed by atoms with Crippen molar-refractivity contribution in [3.05, 3.63) is 85.0 Å². The smallest absolute Gasteiger partial charge is 0.306 e. The minimum Gasteiger partial charge on any atom is -0.341 e.